The number of halogens is 2. The van der Waals surface area contributed by atoms with E-state index in [1.165, 1.54) is 11.6 Å². The maximum Gasteiger partial charge on any atom is 0.332 e. The van der Waals surface area contributed by atoms with Gasteiger partial charge in [-0.25, -0.2) is 4.79 Å². The lowest BCUT2D eigenvalue weighted by atomic mass is 10.3. The van der Waals surface area contributed by atoms with Crippen molar-refractivity contribution in [1.29, 1.82) is 0 Å². The molecule has 0 radical (unpaired) electrons. The van der Waals surface area contributed by atoms with Gasteiger partial charge in [0.2, 0.25) is 5.95 Å². The van der Waals surface area contributed by atoms with Crippen LogP contribution in [0.25, 0.3) is 11.2 Å². The molecule has 2 aromatic heterocycles. The Kier molecular flexibility index (Phi) is 6.47. The third-order valence-electron chi connectivity index (χ3n) is 5.45. The van der Waals surface area contributed by atoms with Gasteiger partial charge in [0.1, 0.15) is 18.5 Å². The maximum atomic E-state index is 13.0. The largest absolute Gasteiger partial charge is 0.489 e. The molecule has 32 heavy (non-hydrogen) atoms. The van der Waals surface area contributed by atoms with E-state index in [0.717, 1.165) is 17.7 Å². The Morgan fingerprint density at radius 1 is 1.19 bits per heavy atom. The number of benzene rings is 1. The molecule has 3 aromatic rings. The number of aliphatic hydroxyl groups excluding tert-OH is 1. The minimum absolute atomic E-state index is 0.0500. The van der Waals surface area contributed by atoms with E-state index in [0.29, 0.717) is 34.8 Å². The third-order valence-corrected chi connectivity index (χ3v) is 5.98. The van der Waals surface area contributed by atoms with Gasteiger partial charge < -0.3 is 24.6 Å². The molecule has 3 heterocycles. The average Bonchev–Trinajstić information content (AvgIpc) is 3.15. The van der Waals surface area contributed by atoms with Crippen molar-refractivity contribution in [2.45, 2.75) is 12.6 Å². The van der Waals surface area contributed by atoms with E-state index in [2.05, 4.69) is 10.3 Å². The predicted octanol–water partition coefficient (Wildman–Crippen LogP) is 0.590. The molecule has 1 aliphatic heterocycles. The molecule has 1 aromatic carbocycles. The van der Waals surface area contributed by atoms with Gasteiger partial charge in [-0.1, -0.05) is 23.2 Å². The van der Waals surface area contributed by atoms with E-state index in [1.54, 1.807) is 29.8 Å². The van der Waals surface area contributed by atoms with Crippen LogP contribution in [0.1, 0.15) is 0 Å². The van der Waals surface area contributed by atoms with Crippen LogP contribution in [0.2, 0.25) is 10.0 Å². The second-order valence-corrected chi connectivity index (χ2v) is 8.52. The van der Waals surface area contributed by atoms with Crippen LogP contribution in [0.5, 0.6) is 5.75 Å². The fraction of sp³-hybridized carbons (Fsp3) is 0.450. The number of piperazine rings is 1. The van der Waals surface area contributed by atoms with Gasteiger partial charge in [0.15, 0.2) is 11.2 Å². The van der Waals surface area contributed by atoms with Crippen LogP contribution in [0.4, 0.5) is 5.95 Å². The van der Waals surface area contributed by atoms with Crippen LogP contribution in [0, 0.1) is 0 Å². The molecule has 0 bridgehead atoms. The van der Waals surface area contributed by atoms with Crippen LogP contribution >= 0.6 is 23.2 Å². The maximum absolute atomic E-state index is 13.0. The normalized spacial score (nSPS) is 15.3. The summed E-state index contributed by atoms with van der Waals surface area (Å²) in [6.07, 6.45) is -0.970. The summed E-state index contributed by atoms with van der Waals surface area (Å²) >= 11 is 12.0. The lowest BCUT2D eigenvalue weighted by molar-refractivity contribution is 0.0936. The van der Waals surface area contributed by atoms with E-state index in [4.69, 9.17) is 27.9 Å². The Morgan fingerprint density at radius 2 is 1.91 bits per heavy atom. The molecule has 0 saturated carbocycles. The number of aromatic nitrogens is 4. The van der Waals surface area contributed by atoms with Gasteiger partial charge in [0.05, 0.1) is 11.6 Å². The Morgan fingerprint density at radius 3 is 2.59 bits per heavy atom. The van der Waals surface area contributed by atoms with Gasteiger partial charge in [-0.15, -0.1) is 0 Å². The number of rotatable bonds is 6. The summed E-state index contributed by atoms with van der Waals surface area (Å²) in [6, 6.07) is 4.83. The molecule has 0 amide bonds. The number of hydrogen-bond donors (Lipinski definition) is 2. The monoisotopic (exact) mass is 482 g/mol. The molecule has 0 aliphatic carbocycles. The van der Waals surface area contributed by atoms with Crippen molar-refractivity contribution in [3.8, 4) is 5.75 Å². The summed E-state index contributed by atoms with van der Waals surface area (Å²) in [5.74, 6) is 0.926. The summed E-state index contributed by atoms with van der Waals surface area (Å²) in [7, 11) is 3.00. The van der Waals surface area contributed by atoms with Crippen LogP contribution in [0.15, 0.2) is 27.8 Å². The highest BCUT2D eigenvalue weighted by Gasteiger charge is 2.25. The van der Waals surface area contributed by atoms with Crippen molar-refractivity contribution in [2.24, 2.45) is 14.1 Å². The van der Waals surface area contributed by atoms with Crippen LogP contribution in [0.3, 0.4) is 0 Å². The molecular weight excluding hydrogens is 459 g/mol. The molecule has 1 atom stereocenters. The number of imidazole rings is 1. The zero-order chi connectivity index (χ0) is 23.0. The van der Waals surface area contributed by atoms with E-state index in [9.17, 15) is 14.7 Å². The van der Waals surface area contributed by atoms with Gasteiger partial charge in [-0.2, -0.15) is 4.98 Å². The van der Waals surface area contributed by atoms with Crippen molar-refractivity contribution in [3.05, 3.63) is 49.1 Å². The van der Waals surface area contributed by atoms with E-state index >= 15 is 0 Å². The molecule has 10 nitrogen and oxygen atoms in total. The molecule has 1 aliphatic rings. The number of hydrogen-bond acceptors (Lipinski definition) is 7. The van der Waals surface area contributed by atoms with Crippen LogP contribution in [-0.4, -0.2) is 62.7 Å². The molecule has 12 heteroatoms. The molecule has 4 rings (SSSR count). The lowest BCUT2D eigenvalue weighted by Crippen LogP contribution is -2.45. The summed E-state index contributed by atoms with van der Waals surface area (Å²) in [6.45, 7) is 2.89. The average molecular weight is 483 g/mol. The molecule has 1 saturated heterocycles. The smallest absolute Gasteiger partial charge is 0.332 e. The van der Waals surface area contributed by atoms with E-state index in [-0.39, 0.29) is 24.3 Å². The summed E-state index contributed by atoms with van der Waals surface area (Å²) in [5.41, 5.74) is -0.390. The topological polar surface area (TPSA) is 107 Å². The minimum atomic E-state index is -0.970. The molecule has 0 unspecified atom stereocenters. The van der Waals surface area contributed by atoms with Crippen molar-refractivity contribution in [1.82, 2.24) is 24.0 Å². The number of fused-ring (bicyclic) bond motifs is 1. The van der Waals surface area contributed by atoms with E-state index < -0.39 is 17.4 Å². The standard InChI is InChI=1S/C20H24Cl2N6O4/c1-25-17-16(18(30)26(2)20(25)31)28(19(24-17)27-7-5-23-6-8-27)10-13(29)11-32-15-4-3-12(21)9-14(15)22/h3-4,9,13,23,29H,5-8,10-11H2,1-2H3/t13-/m1/s1. The Balaban J connectivity index is 1.69. The fourth-order valence-corrected chi connectivity index (χ4v) is 4.22. The quantitative estimate of drug-likeness (QED) is 0.529. The van der Waals surface area contributed by atoms with Gasteiger partial charge in [0.25, 0.3) is 5.56 Å². The number of ether oxygens (including phenoxy) is 1. The predicted molar refractivity (Wildman–Crippen MR) is 123 cm³/mol. The SMILES string of the molecule is Cn1c(=O)c2c(nc(N3CCNCC3)n2C[C@@H](O)COc2ccc(Cl)cc2Cl)n(C)c1=O. The second-order valence-electron chi connectivity index (χ2n) is 7.68. The zero-order valence-electron chi connectivity index (χ0n) is 17.7. The van der Waals surface area contributed by atoms with Gasteiger partial charge in [-0.05, 0) is 18.2 Å². The first-order valence-electron chi connectivity index (χ1n) is 10.2. The van der Waals surface area contributed by atoms with E-state index in [1.807, 2.05) is 4.90 Å². The first-order chi connectivity index (χ1) is 15.3. The highest BCUT2D eigenvalue weighted by Crippen LogP contribution is 2.28. The zero-order valence-corrected chi connectivity index (χ0v) is 19.2. The Bertz CT molecular complexity index is 1260. The summed E-state index contributed by atoms with van der Waals surface area (Å²) < 4.78 is 9.71. The van der Waals surface area contributed by atoms with Gasteiger partial charge >= 0.3 is 5.69 Å². The number of nitrogens with zero attached hydrogens (tertiary/aromatic N) is 5. The Hall–Kier alpha value is -2.53. The fourth-order valence-electron chi connectivity index (χ4n) is 3.76. The number of aliphatic hydroxyl groups is 1. The minimum Gasteiger partial charge on any atom is -0.489 e. The second kappa shape index (κ2) is 9.14. The van der Waals surface area contributed by atoms with Crippen molar-refractivity contribution < 1.29 is 9.84 Å². The van der Waals surface area contributed by atoms with Crippen molar-refractivity contribution >= 4 is 40.3 Å². The van der Waals surface area contributed by atoms with Gasteiger partial charge in [-0.3, -0.25) is 13.9 Å². The number of nitrogens with one attached hydrogen (secondary N) is 1. The first kappa shape index (κ1) is 22.7. The third kappa shape index (κ3) is 4.23. The van der Waals surface area contributed by atoms with Crippen molar-refractivity contribution in [2.75, 3.05) is 37.7 Å². The highest BCUT2D eigenvalue weighted by molar-refractivity contribution is 6.35. The lowest BCUT2D eigenvalue weighted by Gasteiger charge is -2.29. The molecular formula is C20H24Cl2N6O4. The highest BCUT2D eigenvalue weighted by atomic mass is 35.5. The van der Waals surface area contributed by atoms with Crippen LogP contribution in [-0.2, 0) is 20.6 Å². The summed E-state index contributed by atoms with van der Waals surface area (Å²) in [4.78, 5) is 32.0. The van der Waals surface area contributed by atoms with Crippen LogP contribution < -0.4 is 26.2 Å². The number of anilines is 1. The van der Waals surface area contributed by atoms with Gasteiger partial charge in [0, 0.05) is 45.3 Å². The van der Waals surface area contributed by atoms with Crippen molar-refractivity contribution in [3.63, 3.8) is 0 Å². The molecule has 1 fully saturated rings. The number of aryl methyl sites for hydroxylation is 1. The first-order valence-corrected chi connectivity index (χ1v) is 10.9. The molecule has 172 valence electrons. The Labute approximate surface area is 193 Å². The molecule has 2 N–H and O–H groups in total. The molecule has 0 spiro atoms. The summed E-state index contributed by atoms with van der Waals surface area (Å²) in [5, 5.41) is 14.8.